The highest BCUT2D eigenvalue weighted by Crippen LogP contribution is 2.05. The summed E-state index contributed by atoms with van der Waals surface area (Å²) in [5, 5.41) is 13.6. The number of oxime groups is 1. The molecule has 88 valence electrons. The van der Waals surface area contributed by atoms with Gasteiger partial charge in [-0.2, -0.15) is 0 Å². The number of hydrogen-bond acceptors (Lipinski definition) is 4. The number of piperidine rings is 1. The summed E-state index contributed by atoms with van der Waals surface area (Å²) in [4.78, 5) is 0. The SMILES string of the molecule is NC(CCCCNN1CCCCC1)=NO. The van der Waals surface area contributed by atoms with E-state index in [4.69, 9.17) is 10.9 Å². The summed E-state index contributed by atoms with van der Waals surface area (Å²) >= 11 is 0. The van der Waals surface area contributed by atoms with Crippen LogP contribution < -0.4 is 11.2 Å². The van der Waals surface area contributed by atoms with Crippen molar-refractivity contribution in [2.24, 2.45) is 10.9 Å². The third-order valence-corrected chi connectivity index (χ3v) is 2.68. The number of unbranched alkanes of at least 4 members (excludes halogenated alkanes) is 1. The van der Waals surface area contributed by atoms with E-state index in [1.807, 2.05) is 0 Å². The highest BCUT2D eigenvalue weighted by Gasteiger charge is 2.08. The summed E-state index contributed by atoms with van der Waals surface area (Å²) in [6.45, 7) is 3.32. The second kappa shape index (κ2) is 7.48. The molecule has 1 heterocycles. The van der Waals surface area contributed by atoms with Gasteiger partial charge in [0.25, 0.3) is 0 Å². The molecule has 0 unspecified atom stereocenters. The van der Waals surface area contributed by atoms with Crippen molar-refractivity contribution in [3.63, 3.8) is 0 Å². The van der Waals surface area contributed by atoms with Crippen molar-refractivity contribution in [1.29, 1.82) is 0 Å². The Labute approximate surface area is 91.3 Å². The van der Waals surface area contributed by atoms with Crippen molar-refractivity contribution in [2.75, 3.05) is 19.6 Å². The van der Waals surface area contributed by atoms with Gasteiger partial charge in [0.1, 0.15) is 5.84 Å². The molecule has 5 nitrogen and oxygen atoms in total. The summed E-state index contributed by atoms with van der Waals surface area (Å²) in [5.74, 6) is 0.327. The predicted molar refractivity (Wildman–Crippen MR) is 60.7 cm³/mol. The summed E-state index contributed by atoms with van der Waals surface area (Å²) in [5.41, 5.74) is 8.77. The molecule has 1 saturated heterocycles. The van der Waals surface area contributed by atoms with Crippen LogP contribution in [0.1, 0.15) is 38.5 Å². The van der Waals surface area contributed by atoms with E-state index in [0.29, 0.717) is 12.3 Å². The van der Waals surface area contributed by atoms with Gasteiger partial charge in [0.2, 0.25) is 0 Å². The maximum absolute atomic E-state index is 8.33. The molecule has 0 amide bonds. The molecule has 0 aliphatic carbocycles. The molecule has 0 radical (unpaired) electrons. The molecule has 0 atom stereocenters. The quantitative estimate of drug-likeness (QED) is 0.202. The molecule has 0 aromatic carbocycles. The van der Waals surface area contributed by atoms with E-state index >= 15 is 0 Å². The molecule has 1 aliphatic heterocycles. The highest BCUT2D eigenvalue weighted by molar-refractivity contribution is 5.79. The fraction of sp³-hybridized carbons (Fsp3) is 0.900. The molecule has 15 heavy (non-hydrogen) atoms. The third-order valence-electron chi connectivity index (χ3n) is 2.68. The lowest BCUT2D eigenvalue weighted by atomic mass is 10.2. The van der Waals surface area contributed by atoms with Crippen LogP contribution in [-0.4, -0.2) is 35.7 Å². The van der Waals surface area contributed by atoms with Crippen LogP contribution in [0.25, 0.3) is 0 Å². The smallest absolute Gasteiger partial charge is 0.139 e. The van der Waals surface area contributed by atoms with Crippen LogP contribution in [0, 0.1) is 0 Å². The topological polar surface area (TPSA) is 73.9 Å². The third kappa shape index (κ3) is 5.59. The fourth-order valence-electron chi connectivity index (χ4n) is 1.77. The van der Waals surface area contributed by atoms with Crippen LogP contribution in [0.2, 0.25) is 0 Å². The van der Waals surface area contributed by atoms with E-state index in [0.717, 1.165) is 19.4 Å². The van der Waals surface area contributed by atoms with E-state index in [2.05, 4.69) is 15.6 Å². The maximum Gasteiger partial charge on any atom is 0.139 e. The second-order valence-corrected chi connectivity index (χ2v) is 4.00. The maximum atomic E-state index is 8.33. The fourth-order valence-corrected chi connectivity index (χ4v) is 1.77. The summed E-state index contributed by atoms with van der Waals surface area (Å²) in [6.07, 6.45) is 6.68. The Morgan fingerprint density at radius 3 is 2.67 bits per heavy atom. The van der Waals surface area contributed by atoms with Crippen molar-refractivity contribution in [1.82, 2.24) is 10.4 Å². The van der Waals surface area contributed by atoms with Gasteiger partial charge in [-0.1, -0.05) is 11.6 Å². The van der Waals surface area contributed by atoms with E-state index in [1.54, 1.807) is 0 Å². The number of hydrogen-bond donors (Lipinski definition) is 3. The molecule has 4 N–H and O–H groups in total. The molecule has 0 aromatic heterocycles. The molecule has 1 rings (SSSR count). The molecule has 0 spiro atoms. The van der Waals surface area contributed by atoms with Crippen molar-refractivity contribution < 1.29 is 5.21 Å². The minimum atomic E-state index is 0.327. The lowest BCUT2D eigenvalue weighted by Gasteiger charge is -2.27. The van der Waals surface area contributed by atoms with Gasteiger partial charge in [-0.15, -0.1) is 0 Å². The average molecular weight is 214 g/mol. The van der Waals surface area contributed by atoms with Crippen LogP contribution in [0.3, 0.4) is 0 Å². The monoisotopic (exact) mass is 214 g/mol. The lowest BCUT2D eigenvalue weighted by molar-refractivity contribution is 0.153. The molecule has 0 aromatic rings. The Kier molecular flexibility index (Phi) is 6.11. The van der Waals surface area contributed by atoms with E-state index in [-0.39, 0.29) is 0 Å². The average Bonchev–Trinajstić information content (AvgIpc) is 2.29. The van der Waals surface area contributed by atoms with Gasteiger partial charge in [0.15, 0.2) is 0 Å². The van der Waals surface area contributed by atoms with Gasteiger partial charge in [-0.3, -0.25) is 5.43 Å². The zero-order valence-electron chi connectivity index (χ0n) is 9.28. The zero-order chi connectivity index (χ0) is 10.9. The molecule has 0 saturated carbocycles. The molecule has 1 fully saturated rings. The summed E-state index contributed by atoms with van der Waals surface area (Å²) in [6, 6.07) is 0. The minimum Gasteiger partial charge on any atom is -0.409 e. The van der Waals surface area contributed by atoms with Crippen LogP contribution in [0.5, 0.6) is 0 Å². The first kappa shape index (κ1) is 12.3. The van der Waals surface area contributed by atoms with Gasteiger partial charge in [-0.25, -0.2) is 5.01 Å². The molecule has 0 bridgehead atoms. The lowest BCUT2D eigenvalue weighted by Crippen LogP contribution is -2.42. The summed E-state index contributed by atoms with van der Waals surface area (Å²) < 4.78 is 0. The van der Waals surface area contributed by atoms with Crippen LogP contribution in [-0.2, 0) is 0 Å². The van der Waals surface area contributed by atoms with Gasteiger partial charge < -0.3 is 10.9 Å². The normalized spacial score (nSPS) is 19.3. The zero-order valence-corrected chi connectivity index (χ0v) is 9.28. The largest absolute Gasteiger partial charge is 0.409 e. The molecule has 5 heteroatoms. The second-order valence-electron chi connectivity index (χ2n) is 4.00. The van der Waals surface area contributed by atoms with Crippen LogP contribution in [0.4, 0.5) is 0 Å². The Morgan fingerprint density at radius 2 is 2.00 bits per heavy atom. The van der Waals surface area contributed by atoms with Crippen molar-refractivity contribution in [2.45, 2.75) is 38.5 Å². The van der Waals surface area contributed by atoms with Crippen LogP contribution in [0.15, 0.2) is 5.16 Å². The van der Waals surface area contributed by atoms with Crippen molar-refractivity contribution >= 4 is 5.84 Å². The number of nitrogens with zero attached hydrogens (tertiary/aromatic N) is 2. The highest BCUT2D eigenvalue weighted by atomic mass is 16.4. The number of nitrogens with one attached hydrogen (secondary N) is 1. The molecular formula is C10H22N4O. The predicted octanol–water partition coefficient (Wildman–Crippen LogP) is 0.894. The van der Waals surface area contributed by atoms with Gasteiger partial charge in [-0.05, 0) is 25.7 Å². The van der Waals surface area contributed by atoms with E-state index in [9.17, 15) is 0 Å². The van der Waals surface area contributed by atoms with Gasteiger partial charge in [0.05, 0.1) is 0 Å². The minimum absolute atomic E-state index is 0.327. The van der Waals surface area contributed by atoms with Gasteiger partial charge >= 0.3 is 0 Å². The van der Waals surface area contributed by atoms with Crippen molar-refractivity contribution in [3.05, 3.63) is 0 Å². The number of nitrogens with two attached hydrogens (primary N) is 1. The number of amidine groups is 1. The molecule has 1 aliphatic rings. The molecular weight excluding hydrogens is 192 g/mol. The Balaban J connectivity index is 1.92. The van der Waals surface area contributed by atoms with Crippen LogP contribution >= 0.6 is 0 Å². The summed E-state index contributed by atoms with van der Waals surface area (Å²) in [7, 11) is 0. The van der Waals surface area contributed by atoms with E-state index in [1.165, 1.54) is 32.4 Å². The van der Waals surface area contributed by atoms with E-state index < -0.39 is 0 Å². The van der Waals surface area contributed by atoms with Gasteiger partial charge in [0, 0.05) is 26.1 Å². The first-order valence-corrected chi connectivity index (χ1v) is 5.78. The standard InChI is InChI=1S/C10H22N4O/c11-10(13-15)6-2-3-7-12-14-8-4-1-5-9-14/h12,15H,1-9H2,(H2,11,13). The number of rotatable bonds is 6. The first-order valence-electron chi connectivity index (χ1n) is 5.78. The Morgan fingerprint density at radius 1 is 1.27 bits per heavy atom. The Hall–Kier alpha value is -0.810. The first-order chi connectivity index (χ1) is 7.33. The number of hydrazine groups is 1. The Bertz CT molecular complexity index is 190. The van der Waals surface area contributed by atoms with Crippen molar-refractivity contribution in [3.8, 4) is 0 Å².